The van der Waals surface area contributed by atoms with Crippen molar-refractivity contribution in [3.8, 4) is 111 Å². The van der Waals surface area contributed by atoms with Crippen LogP contribution in [-0.4, -0.2) is 0 Å². The van der Waals surface area contributed by atoms with E-state index in [-0.39, 0.29) is 0 Å². The number of hydrogen-bond acceptors (Lipinski definition) is 4. The molecule has 0 amide bonds. The van der Waals surface area contributed by atoms with Crippen LogP contribution in [-0.2, 0) is 0 Å². The first-order valence-electron chi connectivity index (χ1n) is 40.4. The highest BCUT2D eigenvalue weighted by Crippen LogP contribution is 2.47. The van der Waals surface area contributed by atoms with Gasteiger partial charge in [0.1, 0.15) is 22.3 Å². The quantitative estimate of drug-likeness (QED) is 0.0965. The Kier molecular flexibility index (Phi) is 17.2. The van der Waals surface area contributed by atoms with Gasteiger partial charge in [-0.3, -0.25) is 0 Å². The first-order chi connectivity index (χ1) is 58.4. The summed E-state index contributed by atoms with van der Waals surface area (Å²) >= 11 is 0. The van der Waals surface area contributed by atoms with Gasteiger partial charge in [0.15, 0.2) is 0 Å². The number of benzene rings is 20. The third-order valence-electron chi connectivity index (χ3n) is 23.7. The molecule has 22 rings (SSSR count). The molecule has 0 aliphatic carbocycles. The third kappa shape index (κ3) is 12.7. The second kappa shape index (κ2) is 29.4. The lowest BCUT2D eigenvalue weighted by Crippen LogP contribution is -2.10. The van der Waals surface area contributed by atoms with E-state index in [0.29, 0.717) is 0 Å². The van der Waals surface area contributed by atoms with Crippen molar-refractivity contribution in [2.24, 2.45) is 0 Å². The molecule has 0 aliphatic rings. The molecular weight excluding hydrogens is 1430 g/mol. The van der Waals surface area contributed by atoms with Gasteiger partial charge in [0.05, 0.1) is 0 Å². The highest BCUT2D eigenvalue weighted by atomic mass is 16.3. The van der Waals surface area contributed by atoms with Crippen molar-refractivity contribution < 1.29 is 8.83 Å². The largest absolute Gasteiger partial charge is 0.455 e. The first-order valence-corrected chi connectivity index (χ1v) is 40.4. The second-order valence-electron chi connectivity index (χ2n) is 30.6. The number of rotatable bonds is 16. The van der Waals surface area contributed by atoms with Gasteiger partial charge < -0.3 is 18.6 Å². The normalized spacial score (nSPS) is 11.6. The molecule has 2 aromatic heterocycles. The number of hydrogen-bond donors (Lipinski definition) is 0. The van der Waals surface area contributed by atoms with Crippen molar-refractivity contribution in [2.75, 3.05) is 9.80 Å². The van der Waals surface area contributed by atoms with E-state index >= 15 is 0 Å². The molecule has 0 fully saturated rings. The van der Waals surface area contributed by atoms with Gasteiger partial charge in [-0.15, -0.1) is 0 Å². The minimum atomic E-state index is 0.875. The molecule has 0 saturated carbocycles. The molecule has 0 aliphatic heterocycles. The predicted molar refractivity (Wildman–Crippen MR) is 497 cm³/mol. The highest BCUT2D eigenvalue weighted by Gasteiger charge is 2.23. The molecular formula is C114H74N2O2. The second-order valence-corrected chi connectivity index (χ2v) is 30.6. The Labute approximate surface area is 684 Å². The van der Waals surface area contributed by atoms with Crippen LogP contribution in [0.15, 0.2) is 458 Å². The van der Waals surface area contributed by atoms with Gasteiger partial charge in [0, 0.05) is 66.4 Å². The van der Waals surface area contributed by atoms with Crippen molar-refractivity contribution in [3.63, 3.8) is 0 Å². The van der Waals surface area contributed by atoms with E-state index in [1.165, 1.54) is 33.0 Å². The van der Waals surface area contributed by atoms with Crippen LogP contribution in [0.1, 0.15) is 0 Å². The van der Waals surface area contributed by atoms with Crippen molar-refractivity contribution in [1.29, 1.82) is 0 Å². The summed E-state index contributed by atoms with van der Waals surface area (Å²) in [4.78, 5) is 4.76. The van der Waals surface area contributed by atoms with Gasteiger partial charge in [-0.05, 0) is 242 Å². The average Bonchev–Trinajstić information content (AvgIpc) is 1.59. The predicted octanol–water partition coefficient (Wildman–Crippen LogP) is 32.6. The number of furan rings is 2. The summed E-state index contributed by atoms with van der Waals surface area (Å²) in [7, 11) is 0. The Morgan fingerprint density at radius 1 is 0.144 bits per heavy atom. The smallest absolute Gasteiger partial charge is 0.143 e. The molecule has 4 heteroatoms. The molecule has 0 saturated heterocycles. The topological polar surface area (TPSA) is 32.8 Å². The van der Waals surface area contributed by atoms with Gasteiger partial charge in [-0.2, -0.15) is 0 Å². The summed E-state index contributed by atoms with van der Waals surface area (Å²) in [5.41, 5.74) is 33.0. The van der Waals surface area contributed by atoms with Gasteiger partial charge in [-0.25, -0.2) is 0 Å². The standard InChI is InChI=1S/C114H74N2O2/c1-2-18-75(19-3-1)76-42-44-77(45-43-76)80-54-62-95(63-55-80)115(98-31-13-29-93(73-98)103-38-16-40-109-111(103)107-68-60-86-21-5-8-35-105(86)113(107)117-109)96-64-56-81(57-65-96)78-46-50-83(51-47-78)88-24-10-26-90(70-88)91-27-11-25-89(71-91)84-52-48-79(49-53-84)82-58-66-97(67-59-82)116(99-32-12-28-92(72-99)102-37-15-23-85-20-4-7-34-101(85)102)100-33-14-30-94(74-100)104-39-17-41-110-112(104)108-69-61-87-22-6-9-36-106(87)114(108)118-110/h1-74H. The Balaban J connectivity index is 0.528. The molecule has 20 aromatic carbocycles. The van der Waals surface area contributed by atoms with E-state index in [4.69, 9.17) is 8.83 Å². The van der Waals surface area contributed by atoms with Crippen LogP contribution in [0.3, 0.4) is 0 Å². The minimum Gasteiger partial charge on any atom is -0.455 e. The van der Waals surface area contributed by atoms with E-state index in [1.807, 2.05) is 0 Å². The molecule has 4 nitrogen and oxygen atoms in total. The lowest BCUT2D eigenvalue weighted by Gasteiger charge is -2.27. The van der Waals surface area contributed by atoms with Crippen molar-refractivity contribution in [2.45, 2.75) is 0 Å². The molecule has 118 heavy (non-hydrogen) atoms. The lowest BCUT2D eigenvalue weighted by atomic mass is 9.94. The Morgan fingerprint density at radius 3 is 0.814 bits per heavy atom. The van der Waals surface area contributed by atoms with Crippen molar-refractivity contribution in [1.82, 2.24) is 0 Å². The van der Waals surface area contributed by atoms with E-state index in [0.717, 1.165) is 189 Å². The van der Waals surface area contributed by atoms with Crippen LogP contribution in [0.25, 0.3) is 187 Å². The fourth-order valence-electron chi connectivity index (χ4n) is 17.8. The van der Waals surface area contributed by atoms with E-state index in [9.17, 15) is 0 Å². The van der Waals surface area contributed by atoms with Gasteiger partial charge in [0.2, 0.25) is 0 Å². The summed E-state index contributed by atoms with van der Waals surface area (Å²) in [6, 6.07) is 163. The zero-order valence-electron chi connectivity index (χ0n) is 64.4. The number of fused-ring (bicyclic) bond motifs is 11. The Morgan fingerprint density at radius 2 is 0.407 bits per heavy atom. The summed E-state index contributed by atoms with van der Waals surface area (Å²) in [6.07, 6.45) is 0. The van der Waals surface area contributed by atoms with E-state index in [1.54, 1.807) is 0 Å². The van der Waals surface area contributed by atoms with Crippen LogP contribution in [0.5, 0.6) is 0 Å². The maximum atomic E-state index is 6.70. The molecule has 0 atom stereocenters. The van der Waals surface area contributed by atoms with Crippen LogP contribution in [0.4, 0.5) is 34.1 Å². The molecule has 0 bridgehead atoms. The minimum absolute atomic E-state index is 0.875. The highest BCUT2D eigenvalue weighted by molar-refractivity contribution is 6.21. The molecule has 552 valence electrons. The van der Waals surface area contributed by atoms with E-state index in [2.05, 4.69) is 459 Å². The molecule has 2 heterocycles. The van der Waals surface area contributed by atoms with Gasteiger partial charge in [-0.1, -0.05) is 340 Å². The summed E-state index contributed by atoms with van der Waals surface area (Å²) < 4.78 is 13.4. The van der Waals surface area contributed by atoms with Crippen LogP contribution < -0.4 is 9.80 Å². The van der Waals surface area contributed by atoms with Gasteiger partial charge in [0.25, 0.3) is 0 Å². The number of anilines is 6. The van der Waals surface area contributed by atoms with E-state index < -0.39 is 0 Å². The van der Waals surface area contributed by atoms with Crippen molar-refractivity contribution >= 4 is 110 Å². The van der Waals surface area contributed by atoms with Gasteiger partial charge >= 0.3 is 0 Å². The van der Waals surface area contributed by atoms with Crippen LogP contribution in [0, 0.1) is 0 Å². The van der Waals surface area contributed by atoms with Crippen LogP contribution in [0.2, 0.25) is 0 Å². The molecule has 0 N–H and O–H groups in total. The number of nitrogens with zero attached hydrogens (tertiary/aromatic N) is 2. The fourth-order valence-corrected chi connectivity index (χ4v) is 17.8. The first kappa shape index (κ1) is 69.1. The molecule has 0 unspecified atom stereocenters. The Bertz CT molecular complexity index is 7560. The zero-order chi connectivity index (χ0) is 78.0. The maximum Gasteiger partial charge on any atom is 0.143 e. The molecule has 22 aromatic rings. The Hall–Kier alpha value is -15.6. The lowest BCUT2D eigenvalue weighted by molar-refractivity contribution is 0.672. The monoisotopic (exact) mass is 1500 g/mol. The fraction of sp³-hybridized carbons (Fsp3) is 0. The van der Waals surface area contributed by atoms with Crippen LogP contribution >= 0.6 is 0 Å². The maximum absolute atomic E-state index is 6.70. The summed E-state index contributed by atoms with van der Waals surface area (Å²) in [6.45, 7) is 0. The third-order valence-corrected chi connectivity index (χ3v) is 23.7. The zero-order valence-corrected chi connectivity index (χ0v) is 64.4. The SMILES string of the molecule is c1ccc(-c2ccc(-c3ccc(N(c4ccc(-c5ccc(-c6cccc(-c7cccc(-c8ccc(-c9ccc(N(c%10cccc(-c%11cccc%12ccccc%11%12)c%10)c%10cccc(-c%11cccc%12oc%13c%14ccccc%14ccc%13c%11%12)c%10)cc9)cc8)c7)c6)cc5)cc4)c4cccc(-c5cccc6oc7c8ccccc8ccc7c56)c4)cc3)cc2)cc1. The van der Waals surface area contributed by atoms with Crippen molar-refractivity contribution in [3.05, 3.63) is 449 Å². The summed E-state index contributed by atoms with van der Waals surface area (Å²) in [5.74, 6) is 0. The molecule has 0 spiro atoms. The summed E-state index contributed by atoms with van der Waals surface area (Å²) in [5, 5.41) is 11.5. The average molecular weight is 1500 g/mol. The molecule has 0 radical (unpaired) electrons.